The van der Waals surface area contributed by atoms with E-state index in [0.29, 0.717) is 5.56 Å². The van der Waals surface area contributed by atoms with Gasteiger partial charge < -0.3 is 15.2 Å². The number of thioether (sulfide) groups is 1. The number of nitrogens with zero attached hydrogens (tertiary/aromatic N) is 2. The molecule has 150 valence electrons. The second-order valence-electron chi connectivity index (χ2n) is 5.95. The van der Waals surface area contributed by atoms with Gasteiger partial charge in [-0.2, -0.15) is 5.10 Å². The van der Waals surface area contributed by atoms with Crippen LogP contribution in [0.3, 0.4) is 0 Å². The lowest BCUT2D eigenvalue weighted by atomic mass is 10.1. The number of amides is 1. The number of carbonyl (C=O) groups is 2. The van der Waals surface area contributed by atoms with E-state index in [0.717, 1.165) is 29.5 Å². The van der Waals surface area contributed by atoms with Crippen LogP contribution in [-0.2, 0) is 16.2 Å². The van der Waals surface area contributed by atoms with E-state index in [9.17, 15) is 18.4 Å². The molecule has 1 unspecified atom stereocenters. The van der Waals surface area contributed by atoms with Crippen LogP contribution >= 0.6 is 11.8 Å². The molecule has 29 heavy (non-hydrogen) atoms. The standard InChI is InChI=1S/C19H15F2N3O4S/c20-13-4-5-15(14(21)7-13)28-10-12-3-1-2-11(6-12)9-22-24-19-23-18(27)16(29-19)8-17(25)26/h1-7,9,16H,8,10H2,(H,25,26)(H,23,24,27). The molecular weight excluding hydrogens is 404 g/mol. The monoisotopic (exact) mass is 419 g/mol. The Morgan fingerprint density at radius 3 is 2.86 bits per heavy atom. The van der Waals surface area contributed by atoms with E-state index in [1.807, 2.05) is 0 Å². The van der Waals surface area contributed by atoms with Crippen molar-refractivity contribution in [1.29, 1.82) is 0 Å². The number of amidine groups is 1. The molecular formula is C19H15F2N3O4S. The SMILES string of the molecule is O=C(O)CC1SC(=NN=Cc2cccc(COc3ccc(F)cc3F)c2)NC1=O. The average Bonchev–Trinajstić information content (AvgIpc) is 3.00. The zero-order valence-corrected chi connectivity index (χ0v) is 15.7. The van der Waals surface area contributed by atoms with E-state index < -0.39 is 28.8 Å². The molecule has 0 radical (unpaired) electrons. The molecule has 2 aromatic carbocycles. The van der Waals surface area contributed by atoms with Crippen LogP contribution in [0.1, 0.15) is 17.5 Å². The normalized spacial score (nSPS) is 17.7. The minimum absolute atomic E-state index is 0.0539. The summed E-state index contributed by atoms with van der Waals surface area (Å²) in [6.45, 7) is 0.0710. The van der Waals surface area contributed by atoms with Crippen molar-refractivity contribution < 1.29 is 28.2 Å². The molecule has 0 bridgehead atoms. The van der Waals surface area contributed by atoms with Gasteiger partial charge in [0.05, 0.1) is 12.6 Å². The molecule has 0 saturated carbocycles. The average molecular weight is 419 g/mol. The fourth-order valence-electron chi connectivity index (χ4n) is 2.41. The Labute approximate surface area is 168 Å². The Morgan fingerprint density at radius 1 is 1.28 bits per heavy atom. The van der Waals surface area contributed by atoms with Gasteiger partial charge in [-0.25, -0.2) is 8.78 Å². The van der Waals surface area contributed by atoms with E-state index >= 15 is 0 Å². The van der Waals surface area contributed by atoms with E-state index in [1.54, 1.807) is 24.3 Å². The number of carboxylic acids is 1. The number of rotatable bonds is 7. The summed E-state index contributed by atoms with van der Waals surface area (Å²) in [6.07, 6.45) is 1.15. The van der Waals surface area contributed by atoms with Gasteiger partial charge in [0, 0.05) is 6.07 Å². The Bertz CT molecular complexity index is 997. The second-order valence-corrected chi connectivity index (χ2v) is 7.14. The van der Waals surface area contributed by atoms with Crippen LogP contribution in [0.5, 0.6) is 5.75 Å². The van der Waals surface area contributed by atoms with Crippen LogP contribution in [0.25, 0.3) is 0 Å². The Kier molecular flexibility index (Phi) is 6.55. The molecule has 0 aliphatic carbocycles. The number of carbonyl (C=O) groups excluding carboxylic acids is 1. The first-order valence-electron chi connectivity index (χ1n) is 8.38. The highest BCUT2D eigenvalue weighted by atomic mass is 32.2. The molecule has 10 heteroatoms. The highest BCUT2D eigenvalue weighted by Gasteiger charge is 2.32. The predicted octanol–water partition coefficient (Wildman–Crippen LogP) is 2.94. The fourth-order valence-corrected chi connectivity index (χ4v) is 3.32. The van der Waals surface area contributed by atoms with Gasteiger partial charge in [0.1, 0.15) is 17.7 Å². The number of hydrogen-bond acceptors (Lipinski definition) is 6. The summed E-state index contributed by atoms with van der Waals surface area (Å²) in [4.78, 5) is 22.3. The largest absolute Gasteiger partial charge is 0.486 e. The number of nitrogens with one attached hydrogen (secondary N) is 1. The maximum absolute atomic E-state index is 13.6. The molecule has 3 rings (SSSR count). The topological polar surface area (TPSA) is 100 Å². The lowest BCUT2D eigenvalue weighted by Gasteiger charge is -2.07. The number of benzene rings is 2. The first kappa shape index (κ1) is 20.5. The summed E-state index contributed by atoms with van der Waals surface area (Å²) in [5, 5.41) is 18.5. The smallest absolute Gasteiger partial charge is 0.305 e. The van der Waals surface area contributed by atoms with Gasteiger partial charge in [-0.3, -0.25) is 9.59 Å². The zero-order chi connectivity index (χ0) is 20.8. The zero-order valence-electron chi connectivity index (χ0n) is 14.8. The van der Waals surface area contributed by atoms with Gasteiger partial charge in [-0.15, -0.1) is 5.10 Å². The summed E-state index contributed by atoms with van der Waals surface area (Å²) in [7, 11) is 0. The molecule has 1 fully saturated rings. The van der Waals surface area contributed by atoms with Crippen LogP contribution < -0.4 is 10.1 Å². The van der Waals surface area contributed by atoms with Gasteiger partial charge >= 0.3 is 5.97 Å². The first-order valence-corrected chi connectivity index (χ1v) is 9.26. The number of halogens is 2. The molecule has 1 aliphatic heterocycles. The van der Waals surface area contributed by atoms with Crippen molar-refractivity contribution in [1.82, 2.24) is 5.32 Å². The van der Waals surface area contributed by atoms with Crippen LogP contribution in [0.2, 0.25) is 0 Å². The molecule has 1 atom stereocenters. The molecule has 2 N–H and O–H groups in total. The highest BCUT2D eigenvalue weighted by Crippen LogP contribution is 2.22. The van der Waals surface area contributed by atoms with E-state index in [4.69, 9.17) is 9.84 Å². The molecule has 1 heterocycles. The summed E-state index contributed by atoms with van der Waals surface area (Å²) in [5.41, 5.74) is 1.42. The quantitative estimate of drug-likeness (QED) is 0.531. The lowest BCUT2D eigenvalue weighted by molar-refractivity contribution is -0.138. The number of aliphatic carboxylic acids is 1. The van der Waals surface area contributed by atoms with Crippen molar-refractivity contribution in [2.45, 2.75) is 18.3 Å². The van der Waals surface area contributed by atoms with Crippen molar-refractivity contribution >= 4 is 35.0 Å². The molecule has 1 amide bonds. The van der Waals surface area contributed by atoms with Crippen molar-refractivity contribution in [3.8, 4) is 5.75 Å². The summed E-state index contributed by atoms with van der Waals surface area (Å²) in [5.74, 6) is -3.00. The molecule has 1 aliphatic rings. The van der Waals surface area contributed by atoms with Gasteiger partial charge in [0.15, 0.2) is 16.7 Å². The summed E-state index contributed by atoms with van der Waals surface area (Å²) < 4.78 is 31.9. The van der Waals surface area contributed by atoms with Crippen molar-refractivity contribution in [2.24, 2.45) is 10.2 Å². The molecule has 0 aromatic heterocycles. The van der Waals surface area contributed by atoms with Gasteiger partial charge in [0.25, 0.3) is 0 Å². The Hall–Kier alpha value is -3.27. The third-order valence-electron chi connectivity index (χ3n) is 3.73. The Morgan fingerprint density at radius 2 is 2.10 bits per heavy atom. The molecule has 1 saturated heterocycles. The van der Waals surface area contributed by atoms with E-state index in [2.05, 4.69) is 15.5 Å². The van der Waals surface area contributed by atoms with Gasteiger partial charge in [0.2, 0.25) is 5.91 Å². The van der Waals surface area contributed by atoms with Crippen molar-refractivity contribution in [2.75, 3.05) is 0 Å². The van der Waals surface area contributed by atoms with Crippen LogP contribution in [0, 0.1) is 11.6 Å². The predicted molar refractivity (Wildman–Crippen MR) is 104 cm³/mol. The van der Waals surface area contributed by atoms with Gasteiger partial charge in [-0.05, 0) is 29.3 Å². The highest BCUT2D eigenvalue weighted by molar-refractivity contribution is 8.15. The Balaban J connectivity index is 1.59. The van der Waals surface area contributed by atoms with E-state index in [-0.39, 0.29) is 23.9 Å². The van der Waals surface area contributed by atoms with Crippen LogP contribution in [0.15, 0.2) is 52.7 Å². The van der Waals surface area contributed by atoms with Crippen molar-refractivity contribution in [3.05, 3.63) is 65.2 Å². The third-order valence-corrected chi connectivity index (χ3v) is 4.80. The minimum atomic E-state index is -1.07. The maximum Gasteiger partial charge on any atom is 0.305 e. The summed E-state index contributed by atoms with van der Waals surface area (Å²) in [6, 6.07) is 10.1. The molecule has 7 nitrogen and oxygen atoms in total. The number of hydrogen-bond donors (Lipinski definition) is 2. The van der Waals surface area contributed by atoms with E-state index in [1.165, 1.54) is 12.3 Å². The number of ether oxygens (including phenoxy) is 1. The maximum atomic E-state index is 13.6. The third kappa shape index (κ3) is 5.85. The first-order chi connectivity index (χ1) is 13.9. The van der Waals surface area contributed by atoms with Crippen LogP contribution in [0.4, 0.5) is 8.78 Å². The number of carboxylic acid groups (broad SMARTS) is 1. The lowest BCUT2D eigenvalue weighted by Crippen LogP contribution is -2.26. The second kappa shape index (κ2) is 9.28. The fraction of sp³-hybridized carbons (Fsp3) is 0.158. The molecule has 0 spiro atoms. The van der Waals surface area contributed by atoms with Gasteiger partial charge in [-0.1, -0.05) is 30.0 Å². The summed E-state index contributed by atoms with van der Waals surface area (Å²) >= 11 is 1.01. The van der Waals surface area contributed by atoms with Crippen molar-refractivity contribution in [3.63, 3.8) is 0 Å². The minimum Gasteiger partial charge on any atom is -0.486 e. The molecule has 2 aromatic rings. The van der Waals surface area contributed by atoms with Crippen LogP contribution in [-0.4, -0.2) is 33.6 Å².